The SMILES string of the molecule is [2H]c1cc([2H])c2c(c1[2H])c1c([2H])c([2H])c([2H])c([2H])c1n2-c1ccccc1-c1nc(-c2cccc(-c3c([2H])c([2H])c([2H])c([2H])c3[2H])c2)nc(-c2cccc(-c3cccc4c3oc3ccc(-c5cccc6c5oc5ccccc56)cc34)c2)n1. The van der Waals surface area contributed by atoms with E-state index in [9.17, 15) is 2.74 Å². The summed E-state index contributed by atoms with van der Waals surface area (Å²) >= 11 is 0. The Labute approximate surface area is 412 Å². The van der Waals surface area contributed by atoms with Gasteiger partial charge in [-0.15, -0.1) is 0 Å². The van der Waals surface area contributed by atoms with Gasteiger partial charge in [-0.25, -0.2) is 15.0 Å². The van der Waals surface area contributed by atoms with Crippen molar-refractivity contribution in [3.05, 3.63) is 230 Å². The molecule has 0 saturated heterocycles. The smallest absolute Gasteiger partial charge is 0.166 e. The Bertz CT molecular complexity index is 5040. The molecule has 0 N–H and O–H groups in total. The van der Waals surface area contributed by atoms with Crippen molar-refractivity contribution in [1.82, 2.24) is 19.5 Å². The topological polar surface area (TPSA) is 69.9 Å². The highest BCUT2D eigenvalue weighted by molar-refractivity contribution is 6.13. The molecular weight excluding hydrogens is 845 g/mol. The highest BCUT2D eigenvalue weighted by Gasteiger charge is 2.21. The Kier molecular flexibility index (Phi) is 6.47. The first-order valence-corrected chi connectivity index (χ1v) is 22.2. The molecule has 14 rings (SSSR count). The molecule has 6 nitrogen and oxygen atoms in total. The van der Waals surface area contributed by atoms with Gasteiger partial charge in [0, 0.05) is 60.1 Å². The first-order valence-electron chi connectivity index (χ1n) is 28.2. The van der Waals surface area contributed by atoms with Crippen LogP contribution in [0.3, 0.4) is 0 Å². The molecule has 0 unspecified atom stereocenters. The average molecular weight is 895 g/mol. The lowest BCUT2D eigenvalue weighted by Crippen LogP contribution is -2.03. The molecule has 6 heteroatoms. The van der Waals surface area contributed by atoms with Crippen molar-refractivity contribution in [2.75, 3.05) is 0 Å². The predicted molar refractivity (Wildman–Crippen MR) is 281 cm³/mol. The van der Waals surface area contributed by atoms with Gasteiger partial charge in [-0.1, -0.05) is 176 Å². The van der Waals surface area contributed by atoms with Gasteiger partial charge in [0.2, 0.25) is 0 Å². The van der Waals surface area contributed by atoms with Crippen LogP contribution in [0.2, 0.25) is 0 Å². The average Bonchev–Trinajstić information content (AvgIpc) is 4.21. The predicted octanol–water partition coefficient (Wildman–Crippen LogP) is 16.8. The second kappa shape index (κ2) is 15.6. The molecular formula is C63H38N4O2. The molecule has 0 aliphatic heterocycles. The molecule has 14 aromatic rings. The van der Waals surface area contributed by atoms with Crippen molar-refractivity contribution < 1.29 is 25.3 Å². The van der Waals surface area contributed by atoms with Gasteiger partial charge in [0.1, 0.15) is 22.3 Å². The summed E-state index contributed by atoms with van der Waals surface area (Å²) in [6.45, 7) is 0. The Hall–Kier alpha value is -9.39. The molecule has 10 aromatic carbocycles. The minimum absolute atomic E-state index is 0.0101. The standard InChI is InChI=1S/C63H38N4O2/c1-2-16-39(17-3-1)40-18-12-20-43(36-40)61-64-62(66-63(65-61)52-25-6-10-32-56(52)67-54-30-8-4-22-47(54)48-23-5-9-31-55(48)67)44-21-13-19-41(37-44)45-26-15-29-51-53-38-42(34-35-58(53)69-60(45)51)46-27-14-28-50-49-24-7-11-33-57(49)68-59(46)50/h1-38H/i1D,2D,3D,4D,5D,8D,16D,17D,22D,23D,30D,31D. The first-order chi connectivity index (χ1) is 39.2. The van der Waals surface area contributed by atoms with Crippen LogP contribution in [0.4, 0.5) is 0 Å². The maximum absolute atomic E-state index is 9.24. The molecule has 0 aliphatic carbocycles. The van der Waals surface area contributed by atoms with Gasteiger partial charge >= 0.3 is 0 Å². The van der Waals surface area contributed by atoms with Crippen LogP contribution in [0.25, 0.3) is 139 Å². The fraction of sp³-hybridized carbons (Fsp3) is 0. The van der Waals surface area contributed by atoms with Crippen LogP contribution in [0.1, 0.15) is 16.4 Å². The Balaban J connectivity index is 0.963. The molecule has 0 amide bonds. The fourth-order valence-electron chi connectivity index (χ4n) is 9.52. The number of aromatic nitrogens is 4. The zero-order valence-corrected chi connectivity index (χ0v) is 36.1. The zero-order chi connectivity index (χ0) is 55.9. The second-order valence-electron chi connectivity index (χ2n) is 16.6. The molecule has 0 atom stereocenters. The van der Waals surface area contributed by atoms with E-state index in [1.54, 1.807) is 48.5 Å². The van der Waals surface area contributed by atoms with Crippen LogP contribution in [0.15, 0.2) is 239 Å². The maximum Gasteiger partial charge on any atom is 0.166 e. The van der Waals surface area contributed by atoms with Crippen molar-refractivity contribution in [3.63, 3.8) is 0 Å². The van der Waals surface area contributed by atoms with Gasteiger partial charge in [0.05, 0.1) is 33.2 Å². The van der Waals surface area contributed by atoms with Crippen LogP contribution in [-0.4, -0.2) is 19.5 Å². The largest absolute Gasteiger partial charge is 0.455 e. The third kappa shape index (κ3) is 6.38. The lowest BCUT2D eigenvalue weighted by atomic mass is 9.98. The Morgan fingerprint density at radius 3 is 1.68 bits per heavy atom. The minimum Gasteiger partial charge on any atom is -0.455 e. The second-order valence-corrected chi connectivity index (χ2v) is 16.6. The maximum atomic E-state index is 9.24. The first kappa shape index (κ1) is 28.6. The van der Waals surface area contributed by atoms with E-state index in [0.29, 0.717) is 39.1 Å². The van der Waals surface area contributed by atoms with Crippen LogP contribution in [-0.2, 0) is 0 Å². The number of para-hydroxylation sites is 6. The number of benzene rings is 10. The van der Waals surface area contributed by atoms with E-state index in [1.165, 1.54) is 10.6 Å². The minimum atomic E-state index is -0.528. The van der Waals surface area contributed by atoms with E-state index in [0.717, 1.165) is 55.0 Å². The van der Waals surface area contributed by atoms with E-state index in [4.69, 9.17) is 37.5 Å². The molecule has 0 fully saturated rings. The highest BCUT2D eigenvalue weighted by atomic mass is 16.3. The van der Waals surface area contributed by atoms with Crippen molar-refractivity contribution in [1.29, 1.82) is 0 Å². The van der Waals surface area contributed by atoms with Crippen LogP contribution < -0.4 is 0 Å². The van der Waals surface area contributed by atoms with Crippen molar-refractivity contribution in [2.45, 2.75) is 0 Å². The number of nitrogens with zero attached hydrogens (tertiary/aromatic N) is 4. The van der Waals surface area contributed by atoms with Crippen molar-refractivity contribution >= 4 is 65.7 Å². The molecule has 0 aliphatic rings. The monoisotopic (exact) mass is 894 g/mol. The molecule has 4 aromatic heterocycles. The lowest BCUT2D eigenvalue weighted by molar-refractivity contribution is 0.669. The summed E-state index contributed by atoms with van der Waals surface area (Å²) < 4.78 is 120. The molecule has 0 saturated carbocycles. The van der Waals surface area contributed by atoms with Gasteiger partial charge in [0.15, 0.2) is 17.5 Å². The number of rotatable bonds is 7. The van der Waals surface area contributed by atoms with Crippen molar-refractivity contribution in [2.24, 2.45) is 0 Å². The van der Waals surface area contributed by atoms with Gasteiger partial charge < -0.3 is 13.4 Å². The molecule has 322 valence electrons. The highest BCUT2D eigenvalue weighted by Crippen LogP contribution is 2.42. The summed E-state index contributed by atoms with van der Waals surface area (Å²) in [4.78, 5) is 15.3. The number of hydrogen-bond acceptors (Lipinski definition) is 5. The molecule has 0 spiro atoms. The van der Waals surface area contributed by atoms with E-state index in [2.05, 4.69) is 24.3 Å². The van der Waals surface area contributed by atoms with Crippen LogP contribution in [0.5, 0.6) is 0 Å². The summed E-state index contributed by atoms with van der Waals surface area (Å²) in [5.74, 6) is 0.442. The normalized spacial score (nSPS) is 14.2. The number of fused-ring (bicyclic) bond motifs is 9. The van der Waals surface area contributed by atoms with Crippen LogP contribution >= 0.6 is 0 Å². The summed E-state index contributed by atoms with van der Waals surface area (Å²) in [6.07, 6.45) is 0. The molecule has 69 heavy (non-hydrogen) atoms. The molecule has 4 heterocycles. The molecule has 0 bridgehead atoms. The van der Waals surface area contributed by atoms with Crippen LogP contribution in [0, 0.1) is 0 Å². The van der Waals surface area contributed by atoms with E-state index < -0.39 is 42.3 Å². The summed E-state index contributed by atoms with van der Waals surface area (Å²) in [5.41, 5.74) is 8.45. The van der Waals surface area contributed by atoms with Crippen molar-refractivity contribution in [3.8, 4) is 73.2 Å². The van der Waals surface area contributed by atoms with Gasteiger partial charge in [-0.05, 0) is 76.8 Å². The van der Waals surface area contributed by atoms with Gasteiger partial charge in [0.25, 0.3) is 0 Å². The quantitative estimate of drug-likeness (QED) is 0.159. The Morgan fingerprint density at radius 1 is 0.333 bits per heavy atom. The summed E-state index contributed by atoms with van der Waals surface area (Å²) in [7, 11) is 0. The third-order valence-corrected chi connectivity index (χ3v) is 12.7. The fourth-order valence-corrected chi connectivity index (χ4v) is 9.52. The Morgan fingerprint density at radius 2 is 0.884 bits per heavy atom. The summed E-state index contributed by atoms with van der Waals surface area (Å²) in [5, 5.41) is 3.89. The van der Waals surface area contributed by atoms with E-state index in [1.807, 2.05) is 78.9 Å². The zero-order valence-electron chi connectivity index (χ0n) is 48.1. The lowest BCUT2D eigenvalue weighted by Gasteiger charge is -2.15. The number of furan rings is 2. The molecule has 0 radical (unpaired) electrons. The summed E-state index contributed by atoms with van der Waals surface area (Å²) in [6, 6.07) is 43.8. The van der Waals surface area contributed by atoms with E-state index >= 15 is 0 Å². The van der Waals surface area contributed by atoms with E-state index in [-0.39, 0.29) is 75.1 Å². The third-order valence-electron chi connectivity index (χ3n) is 12.7. The van der Waals surface area contributed by atoms with Gasteiger partial charge in [-0.2, -0.15) is 0 Å². The number of hydrogen-bond donors (Lipinski definition) is 0. The van der Waals surface area contributed by atoms with Gasteiger partial charge in [-0.3, -0.25) is 0 Å².